The van der Waals surface area contributed by atoms with Gasteiger partial charge in [0.1, 0.15) is 11.6 Å². The predicted octanol–water partition coefficient (Wildman–Crippen LogP) is 9.55. The fraction of sp³-hybridized carbons (Fsp3) is 0.627. The van der Waals surface area contributed by atoms with Crippen LogP contribution in [0.1, 0.15) is 156 Å². The first-order chi connectivity index (χ1) is 30.0. The van der Waals surface area contributed by atoms with Crippen LogP contribution in [0.15, 0.2) is 48.5 Å². The molecule has 12 nitrogen and oxygen atoms in total. The van der Waals surface area contributed by atoms with Gasteiger partial charge in [0.05, 0.1) is 23.6 Å². The lowest BCUT2D eigenvalue weighted by Crippen LogP contribution is -2.53. The van der Waals surface area contributed by atoms with Gasteiger partial charge in [-0.05, 0) is 90.8 Å². The molecule has 0 bridgehead atoms. The van der Waals surface area contributed by atoms with E-state index < -0.39 is 70.8 Å². The minimum Gasteiger partial charge on any atom is -0.444 e. The molecule has 0 unspecified atom stereocenters. The molecule has 2 aromatic carbocycles. The summed E-state index contributed by atoms with van der Waals surface area (Å²) in [6.07, 6.45) is 4.04. The van der Waals surface area contributed by atoms with Gasteiger partial charge in [0.2, 0.25) is 11.8 Å². The summed E-state index contributed by atoms with van der Waals surface area (Å²) in [5.74, 6) is -5.10. The Morgan fingerprint density at radius 2 is 1.22 bits per heavy atom. The molecule has 6 atom stereocenters. The van der Waals surface area contributed by atoms with Crippen molar-refractivity contribution in [2.24, 2.45) is 17.8 Å². The van der Waals surface area contributed by atoms with Crippen LogP contribution in [0, 0.1) is 17.8 Å². The van der Waals surface area contributed by atoms with Gasteiger partial charge >= 0.3 is 6.09 Å². The van der Waals surface area contributed by atoms with Crippen molar-refractivity contribution in [3.8, 4) is 11.1 Å². The van der Waals surface area contributed by atoms with Crippen molar-refractivity contribution in [1.82, 2.24) is 16.0 Å². The quantitative estimate of drug-likeness (QED) is 0.0427. The van der Waals surface area contributed by atoms with Crippen LogP contribution in [0.4, 0.5) is 4.79 Å². The molecule has 0 aromatic heterocycles. The van der Waals surface area contributed by atoms with Crippen molar-refractivity contribution in [3.05, 3.63) is 59.7 Å². The first-order valence-electron chi connectivity index (χ1n) is 23.1. The zero-order chi connectivity index (χ0) is 48.2. The van der Waals surface area contributed by atoms with E-state index in [-0.39, 0.29) is 55.5 Å². The summed E-state index contributed by atoms with van der Waals surface area (Å²) in [5, 5.41) is 8.35. The number of unbranched alkanes of at least 4 members (excludes halogenated alkanes) is 3. The Kier molecular flexibility index (Phi) is 23.6. The second-order valence-electron chi connectivity index (χ2n) is 19.1. The number of Topliss-reactive ketones (excluding diaryl/α,β-unsaturated/α-hetero) is 4. The minimum atomic E-state index is -1.21. The second-order valence-corrected chi connectivity index (χ2v) is 19.4. The van der Waals surface area contributed by atoms with Crippen molar-refractivity contribution in [2.75, 3.05) is 12.4 Å². The first-order valence-corrected chi connectivity index (χ1v) is 23.6. The molecule has 3 N–H and O–H groups in total. The van der Waals surface area contributed by atoms with E-state index in [2.05, 4.69) is 47.1 Å². The maximum absolute atomic E-state index is 14.3. The minimum absolute atomic E-state index is 0.00822. The van der Waals surface area contributed by atoms with E-state index in [1.54, 1.807) is 53.7 Å². The molecule has 0 aliphatic heterocycles. The van der Waals surface area contributed by atoms with Gasteiger partial charge in [0, 0.05) is 49.1 Å². The fourth-order valence-electron chi connectivity index (χ4n) is 7.22. The van der Waals surface area contributed by atoms with E-state index in [0.29, 0.717) is 18.4 Å². The molecule has 0 saturated carbocycles. The maximum atomic E-state index is 14.3. The Bertz CT molecular complexity index is 1830. The van der Waals surface area contributed by atoms with E-state index in [1.807, 2.05) is 39.8 Å². The molecule has 0 saturated heterocycles. The summed E-state index contributed by atoms with van der Waals surface area (Å²) < 4.78 is 11.6. The standard InChI is InChI=1S/C51H76ClN3O9/c1-12-14-16-18-41(43(57)29-33(3)45(59)32-52)54-47(60)34(4)30-44(58)46(35(5)63-50(6,7)8)55-48(61)40(27-28-53-49(62)64-51(9,10)11)31-42(56)39-25-23-38(24-26-39)37-21-19-36(20-22-37)17-15-13-2/h19-26,33-35,40-41,46H,12-18,27-32H2,1-11H3,(H,53,62)(H,54,60)(H,55,61)/t33-,34-,35-,40-,41+,46+/m1/s1. The molecular weight excluding hydrogens is 834 g/mol. The number of aryl methyl sites for hydroxylation is 1. The van der Waals surface area contributed by atoms with Crippen LogP contribution in [0.5, 0.6) is 0 Å². The normalized spacial score (nSPS) is 14.6. The van der Waals surface area contributed by atoms with Crippen molar-refractivity contribution in [2.45, 2.75) is 176 Å². The number of benzene rings is 2. The summed E-state index contributed by atoms with van der Waals surface area (Å²) >= 11 is 5.72. The molecule has 3 amide bonds. The van der Waals surface area contributed by atoms with Crippen LogP contribution >= 0.6 is 11.6 Å². The van der Waals surface area contributed by atoms with Crippen molar-refractivity contribution in [3.63, 3.8) is 0 Å². The number of hydrogen-bond acceptors (Lipinski definition) is 9. The van der Waals surface area contributed by atoms with Crippen LogP contribution < -0.4 is 16.0 Å². The Labute approximate surface area is 387 Å². The molecule has 0 radical (unpaired) electrons. The summed E-state index contributed by atoms with van der Waals surface area (Å²) in [7, 11) is 0. The number of carbonyl (C=O) groups is 7. The van der Waals surface area contributed by atoms with Crippen LogP contribution in [0.3, 0.4) is 0 Å². The lowest BCUT2D eigenvalue weighted by atomic mass is 9.91. The fourth-order valence-corrected chi connectivity index (χ4v) is 7.48. The van der Waals surface area contributed by atoms with Gasteiger partial charge < -0.3 is 25.4 Å². The van der Waals surface area contributed by atoms with Gasteiger partial charge in [-0.3, -0.25) is 28.8 Å². The van der Waals surface area contributed by atoms with Crippen LogP contribution in [-0.4, -0.2) is 82.9 Å². The number of halogens is 1. The molecule has 2 rings (SSSR count). The highest BCUT2D eigenvalue weighted by Gasteiger charge is 2.35. The third-order valence-corrected chi connectivity index (χ3v) is 11.1. The monoisotopic (exact) mass is 910 g/mol. The Morgan fingerprint density at radius 3 is 1.77 bits per heavy atom. The Balaban J connectivity index is 2.35. The lowest BCUT2D eigenvalue weighted by molar-refractivity contribution is -0.139. The number of nitrogens with one attached hydrogen (secondary N) is 3. The zero-order valence-corrected chi connectivity index (χ0v) is 41.1. The number of alkyl halides is 1. The van der Waals surface area contributed by atoms with E-state index in [1.165, 1.54) is 5.56 Å². The van der Waals surface area contributed by atoms with Crippen LogP contribution in [-0.2, 0) is 39.9 Å². The Hall–Kier alpha value is -4.42. The topological polar surface area (TPSA) is 174 Å². The number of ether oxygens (including phenoxy) is 2. The van der Waals surface area contributed by atoms with Crippen LogP contribution in [0.2, 0.25) is 0 Å². The van der Waals surface area contributed by atoms with Gasteiger partial charge in [-0.1, -0.05) is 102 Å². The van der Waals surface area contributed by atoms with E-state index in [0.717, 1.165) is 43.2 Å². The largest absolute Gasteiger partial charge is 0.444 e. The number of alkyl carbamates (subject to hydrolysis) is 1. The predicted molar refractivity (Wildman–Crippen MR) is 253 cm³/mol. The summed E-state index contributed by atoms with van der Waals surface area (Å²) in [5.41, 5.74) is 2.17. The Morgan fingerprint density at radius 1 is 0.641 bits per heavy atom. The average molecular weight is 911 g/mol. The van der Waals surface area contributed by atoms with E-state index in [9.17, 15) is 33.6 Å². The van der Waals surface area contributed by atoms with Gasteiger partial charge in [-0.2, -0.15) is 0 Å². The third kappa shape index (κ3) is 20.6. The molecule has 356 valence electrons. The molecule has 0 heterocycles. The van der Waals surface area contributed by atoms with Gasteiger partial charge in [0.15, 0.2) is 23.1 Å². The molecule has 0 aliphatic rings. The molecular formula is C51H76ClN3O9. The maximum Gasteiger partial charge on any atom is 0.407 e. The van der Waals surface area contributed by atoms with Gasteiger partial charge in [-0.25, -0.2) is 4.79 Å². The van der Waals surface area contributed by atoms with Gasteiger partial charge in [0.25, 0.3) is 0 Å². The SMILES string of the molecule is CCCCC[C@H](NC(=O)[C@H](C)CC(=O)[C@@H](NC(=O)[C@H](CCNC(=O)OC(C)(C)C)CC(=O)c1ccc(-c2ccc(CCCC)cc2)cc1)[C@@H](C)OC(C)(C)C)C(=O)C[C@@H](C)C(=O)CCl. The smallest absolute Gasteiger partial charge is 0.407 e. The highest BCUT2D eigenvalue weighted by atomic mass is 35.5. The zero-order valence-electron chi connectivity index (χ0n) is 40.3. The molecule has 0 fully saturated rings. The van der Waals surface area contributed by atoms with Gasteiger partial charge in [-0.15, -0.1) is 11.6 Å². The van der Waals surface area contributed by atoms with Crippen molar-refractivity contribution in [1.29, 1.82) is 0 Å². The summed E-state index contributed by atoms with van der Waals surface area (Å²) in [6, 6.07) is 13.5. The van der Waals surface area contributed by atoms with E-state index in [4.69, 9.17) is 21.1 Å². The lowest BCUT2D eigenvalue weighted by Gasteiger charge is -2.32. The molecule has 2 aromatic rings. The molecule has 64 heavy (non-hydrogen) atoms. The van der Waals surface area contributed by atoms with Crippen molar-refractivity contribution >= 4 is 52.6 Å². The molecule has 13 heteroatoms. The number of carbonyl (C=O) groups excluding carboxylic acids is 7. The molecule has 0 spiro atoms. The number of ketones is 4. The summed E-state index contributed by atoms with van der Waals surface area (Å²) in [6.45, 7) is 19.7. The second kappa shape index (κ2) is 27.1. The van der Waals surface area contributed by atoms with Crippen molar-refractivity contribution < 1.29 is 43.0 Å². The first kappa shape index (κ1) is 55.7. The average Bonchev–Trinajstić information content (AvgIpc) is 3.22. The number of rotatable bonds is 28. The summed E-state index contributed by atoms with van der Waals surface area (Å²) in [4.78, 5) is 93.9. The highest BCUT2D eigenvalue weighted by molar-refractivity contribution is 6.28. The third-order valence-electron chi connectivity index (χ3n) is 10.9. The van der Waals surface area contributed by atoms with Crippen LogP contribution in [0.25, 0.3) is 11.1 Å². The highest BCUT2D eigenvalue weighted by Crippen LogP contribution is 2.24. The number of amides is 3. The molecule has 0 aliphatic carbocycles. The van der Waals surface area contributed by atoms with E-state index >= 15 is 0 Å². The number of hydrogen-bond donors (Lipinski definition) is 3.